The Morgan fingerprint density at radius 1 is 0.900 bits per heavy atom. The number of hydrogen-bond acceptors (Lipinski definition) is 5. The van der Waals surface area contributed by atoms with E-state index in [1.54, 1.807) is 0 Å². The number of nitrogens with zero attached hydrogens (tertiary/aromatic N) is 3. The maximum atomic E-state index is 5.67. The van der Waals surface area contributed by atoms with Gasteiger partial charge in [0.15, 0.2) is 0 Å². The smallest absolute Gasteiger partial charge is 0.0930 e. The average Bonchev–Trinajstić information content (AvgIpc) is 3.30. The number of pyridine rings is 1. The van der Waals surface area contributed by atoms with Gasteiger partial charge >= 0.3 is 0 Å². The van der Waals surface area contributed by atoms with Crippen molar-refractivity contribution < 1.29 is 0 Å². The Morgan fingerprint density at radius 2 is 1.33 bits per heavy atom. The second kappa shape index (κ2) is 10.9. The first-order chi connectivity index (χ1) is 14.3. The fourth-order valence-electron chi connectivity index (χ4n) is 4.51. The summed E-state index contributed by atoms with van der Waals surface area (Å²) in [6.45, 7) is 12.5. The van der Waals surface area contributed by atoms with Crippen LogP contribution in [0.25, 0.3) is 0 Å². The fourth-order valence-corrected chi connectivity index (χ4v) is 5.51. The second-order valence-corrected chi connectivity index (χ2v) is 10.1. The lowest BCUT2D eigenvalue weighted by atomic mass is 10.2. The van der Waals surface area contributed by atoms with Crippen molar-refractivity contribution in [3.63, 3.8) is 0 Å². The summed E-state index contributed by atoms with van der Waals surface area (Å²) < 4.78 is 0. The van der Waals surface area contributed by atoms with Crippen LogP contribution in [0, 0.1) is 0 Å². The molecule has 1 aromatic rings. The minimum absolute atomic E-state index is 0.329. The Kier molecular flexibility index (Phi) is 8.57. The monoisotopic (exact) mass is 447 g/mol. The Bertz CT molecular complexity index is 679. The van der Waals surface area contributed by atoms with Crippen molar-refractivity contribution in [3.05, 3.63) is 29.6 Å². The number of hydrogen-bond donors (Lipinski definition) is 2. The van der Waals surface area contributed by atoms with Gasteiger partial charge in [0.05, 0.1) is 33.4 Å². The fraction of sp³-hybridized carbons (Fsp3) is 0.696. The highest BCUT2D eigenvalue weighted by molar-refractivity contribution is 7.80. The van der Waals surface area contributed by atoms with Gasteiger partial charge in [-0.2, -0.15) is 0 Å². The summed E-state index contributed by atoms with van der Waals surface area (Å²) in [4.78, 5) is 11.9. The Labute approximate surface area is 193 Å². The number of likely N-dealkylation sites (tertiary alicyclic amines) is 2. The molecule has 3 heterocycles. The lowest BCUT2D eigenvalue weighted by Gasteiger charge is -2.27. The molecule has 2 N–H and O–H groups in total. The molecule has 5 nitrogen and oxygen atoms in total. The molecule has 30 heavy (non-hydrogen) atoms. The molecule has 2 aliphatic rings. The third-order valence-corrected chi connectivity index (χ3v) is 6.57. The second-order valence-electron chi connectivity index (χ2n) is 9.20. The van der Waals surface area contributed by atoms with Crippen LogP contribution in [0.15, 0.2) is 18.2 Å². The third kappa shape index (κ3) is 6.42. The van der Waals surface area contributed by atoms with E-state index < -0.39 is 0 Å². The lowest BCUT2D eigenvalue weighted by molar-refractivity contribution is 0.280. The van der Waals surface area contributed by atoms with E-state index in [4.69, 9.17) is 29.4 Å². The molecule has 0 aromatic carbocycles. The van der Waals surface area contributed by atoms with Gasteiger partial charge in [-0.1, -0.05) is 30.5 Å². The number of nitrogens with one attached hydrogen (secondary N) is 2. The molecule has 0 unspecified atom stereocenters. The minimum Gasteiger partial charge on any atom is -0.376 e. The van der Waals surface area contributed by atoms with Gasteiger partial charge in [0, 0.05) is 25.2 Å². The van der Waals surface area contributed by atoms with Crippen LogP contribution in [0.3, 0.4) is 0 Å². The van der Waals surface area contributed by atoms with Crippen molar-refractivity contribution in [3.8, 4) is 0 Å². The van der Waals surface area contributed by atoms with Crippen molar-refractivity contribution in [2.24, 2.45) is 0 Å². The molecule has 1 aromatic heterocycles. The SMILES string of the molecule is CC(C)NC(=S)[C@H]1CCCN1Cc1cccc(CN2CCC[C@@H]2C(=S)NC(C)C)n1. The van der Waals surface area contributed by atoms with Crippen LogP contribution in [-0.2, 0) is 13.1 Å². The highest BCUT2D eigenvalue weighted by Crippen LogP contribution is 2.23. The summed E-state index contributed by atoms with van der Waals surface area (Å²) in [6, 6.07) is 7.85. The number of thiocarbonyl (C=S) groups is 2. The minimum atomic E-state index is 0.329. The zero-order chi connectivity index (χ0) is 21.7. The summed E-state index contributed by atoms with van der Waals surface area (Å²) >= 11 is 11.3. The third-order valence-electron chi connectivity index (χ3n) is 5.79. The molecule has 2 saturated heterocycles. The molecule has 2 fully saturated rings. The molecule has 7 heteroatoms. The standard InChI is InChI=1S/C23H37N5S2/c1-16(2)24-22(29)20-10-6-12-27(20)14-18-8-5-9-19(26-18)15-28-13-7-11-21(28)23(30)25-17(3)4/h5,8-9,16-17,20-21H,6-7,10-15H2,1-4H3,(H,24,29)(H,25,30)/t20-,21-/m1/s1. The summed E-state index contributed by atoms with van der Waals surface area (Å²) in [5, 5.41) is 6.87. The maximum Gasteiger partial charge on any atom is 0.0930 e. The van der Waals surface area contributed by atoms with Gasteiger partial charge in [0.2, 0.25) is 0 Å². The first-order valence-corrected chi connectivity index (χ1v) is 12.2. The Balaban J connectivity index is 1.62. The zero-order valence-corrected chi connectivity index (χ0v) is 20.5. The Hall–Kier alpha value is -1.15. The van der Waals surface area contributed by atoms with E-state index in [9.17, 15) is 0 Å². The van der Waals surface area contributed by atoms with Crippen LogP contribution in [-0.4, -0.2) is 62.0 Å². The van der Waals surface area contributed by atoms with Crippen molar-refractivity contribution in [1.29, 1.82) is 0 Å². The van der Waals surface area contributed by atoms with Crippen LogP contribution >= 0.6 is 24.4 Å². The van der Waals surface area contributed by atoms with Gasteiger partial charge in [-0.25, -0.2) is 0 Å². The molecule has 0 saturated carbocycles. The summed E-state index contributed by atoms with van der Waals surface area (Å²) in [5.41, 5.74) is 2.26. The molecule has 2 atom stereocenters. The van der Waals surface area contributed by atoms with Crippen LogP contribution in [0.2, 0.25) is 0 Å². The molecule has 3 rings (SSSR count). The van der Waals surface area contributed by atoms with Crippen LogP contribution in [0.5, 0.6) is 0 Å². The van der Waals surface area contributed by atoms with Crippen LogP contribution in [0.1, 0.15) is 64.8 Å². The van der Waals surface area contributed by atoms with Crippen LogP contribution < -0.4 is 10.6 Å². The van der Waals surface area contributed by atoms with Gasteiger partial charge in [0.1, 0.15) is 0 Å². The molecule has 166 valence electrons. The van der Waals surface area contributed by atoms with Gasteiger partial charge in [-0.3, -0.25) is 14.8 Å². The molecule has 2 aliphatic heterocycles. The van der Waals surface area contributed by atoms with Gasteiger partial charge in [-0.05, 0) is 78.6 Å². The quantitative estimate of drug-likeness (QED) is 0.590. The summed E-state index contributed by atoms with van der Waals surface area (Å²) in [7, 11) is 0. The predicted molar refractivity (Wildman–Crippen MR) is 133 cm³/mol. The van der Waals surface area contributed by atoms with Gasteiger partial charge in [0.25, 0.3) is 0 Å². The van der Waals surface area contributed by atoms with Gasteiger partial charge < -0.3 is 10.6 Å². The topological polar surface area (TPSA) is 43.4 Å². The largest absolute Gasteiger partial charge is 0.376 e. The van der Waals surface area contributed by atoms with E-state index in [1.165, 1.54) is 12.8 Å². The van der Waals surface area contributed by atoms with Crippen molar-refractivity contribution in [1.82, 2.24) is 25.4 Å². The van der Waals surface area contributed by atoms with E-state index >= 15 is 0 Å². The highest BCUT2D eigenvalue weighted by atomic mass is 32.1. The number of aromatic nitrogens is 1. The normalized spacial score (nSPS) is 22.7. The summed E-state index contributed by atoms with van der Waals surface area (Å²) in [6.07, 6.45) is 4.65. The maximum absolute atomic E-state index is 5.67. The number of rotatable bonds is 8. The van der Waals surface area contributed by atoms with E-state index in [2.05, 4.69) is 66.3 Å². The average molecular weight is 448 g/mol. The molecule has 0 amide bonds. The molecule has 0 bridgehead atoms. The summed E-state index contributed by atoms with van der Waals surface area (Å²) in [5.74, 6) is 0. The molecular formula is C23H37N5S2. The van der Waals surface area contributed by atoms with Crippen LogP contribution in [0.4, 0.5) is 0 Å². The van der Waals surface area contributed by atoms with E-state index in [0.717, 1.165) is 60.4 Å². The van der Waals surface area contributed by atoms with E-state index in [0.29, 0.717) is 24.2 Å². The molecular weight excluding hydrogens is 410 g/mol. The first kappa shape index (κ1) is 23.5. The predicted octanol–water partition coefficient (Wildman–Crippen LogP) is 3.66. The van der Waals surface area contributed by atoms with Crippen molar-refractivity contribution in [2.45, 2.75) is 90.6 Å². The van der Waals surface area contributed by atoms with E-state index in [-0.39, 0.29) is 0 Å². The molecule has 0 spiro atoms. The van der Waals surface area contributed by atoms with E-state index in [1.807, 2.05) is 0 Å². The Morgan fingerprint density at radius 3 is 1.73 bits per heavy atom. The van der Waals surface area contributed by atoms with Crippen molar-refractivity contribution in [2.75, 3.05) is 13.1 Å². The highest BCUT2D eigenvalue weighted by Gasteiger charge is 2.30. The lowest BCUT2D eigenvalue weighted by Crippen LogP contribution is -2.44. The van der Waals surface area contributed by atoms with Crippen molar-refractivity contribution >= 4 is 34.4 Å². The van der Waals surface area contributed by atoms with Gasteiger partial charge in [-0.15, -0.1) is 0 Å². The zero-order valence-electron chi connectivity index (χ0n) is 18.9. The molecule has 0 aliphatic carbocycles. The molecule has 0 radical (unpaired) electrons. The first-order valence-electron chi connectivity index (χ1n) is 11.4.